The highest BCUT2D eigenvalue weighted by molar-refractivity contribution is 5.87. The summed E-state index contributed by atoms with van der Waals surface area (Å²) in [5.74, 6) is -0.926. The third-order valence-corrected chi connectivity index (χ3v) is 2.35. The van der Waals surface area contributed by atoms with Crippen molar-refractivity contribution in [1.82, 2.24) is 0 Å². The largest absolute Gasteiger partial charge is 0.478 e. The van der Waals surface area contributed by atoms with Gasteiger partial charge < -0.3 is 14.6 Å². The van der Waals surface area contributed by atoms with E-state index in [1.807, 2.05) is 13.8 Å². The van der Waals surface area contributed by atoms with Gasteiger partial charge >= 0.3 is 5.97 Å². The minimum Gasteiger partial charge on any atom is -0.478 e. The van der Waals surface area contributed by atoms with Crippen LogP contribution in [0.2, 0.25) is 0 Å². The van der Waals surface area contributed by atoms with Gasteiger partial charge in [-0.25, -0.2) is 4.79 Å². The molecule has 16 heavy (non-hydrogen) atoms. The molecule has 1 N–H and O–H groups in total. The van der Waals surface area contributed by atoms with Crippen LogP contribution in [-0.4, -0.2) is 24.5 Å². The number of rotatable bonds is 5. The number of carbonyl (C=O) groups is 1. The minimum absolute atomic E-state index is 0.127. The molecule has 88 valence electrons. The second-order valence-corrected chi connectivity index (χ2v) is 3.51. The Bertz CT molecular complexity index is 345. The first-order chi connectivity index (χ1) is 7.54. The number of carboxylic acids is 1. The molecule has 0 radical (unpaired) electrons. The molecule has 2 atom stereocenters. The average molecular weight is 224 g/mol. The fourth-order valence-electron chi connectivity index (χ4n) is 1.32. The molecule has 1 aromatic rings. The summed E-state index contributed by atoms with van der Waals surface area (Å²) in [4.78, 5) is 10.7. The third-order valence-electron chi connectivity index (χ3n) is 2.35. The van der Waals surface area contributed by atoms with Crippen molar-refractivity contribution in [2.24, 2.45) is 0 Å². The first-order valence-corrected chi connectivity index (χ1v) is 5.06. The molecule has 0 saturated heterocycles. The Morgan fingerprint density at radius 3 is 2.25 bits per heavy atom. The van der Waals surface area contributed by atoms with Gasteiger partial charge in [-0.1, -0.05) is 12.1 Å². The van der Waals surface area contributed by atoms with Crippen LogP contribution in [0, 0.1) is 0 Å². The molecule has 0 aliphatic rings. The van der Waals surface area contributed by atoms with Crippen molar-refractivity contribution in [1.29, 1.82) is 0 Å². The zero-order valence-corrected chi connectivity index (χ0v) is 9.64. The van der Waals surface area contributed by atoms with Crippen molar-refractivity contribution < 1.29 is 19.4 Å². The lowest BCUT2D eigenvalue weighted by Gasteiger charge is -2.18. The second kappa shape index (κ2) is 5.63. The Morgan fingerprint density at radius 1 is 1.25 bits per heavy atom. The predicted molar refractivity (Wildman–Crippen MR) is 59.4 cm³/mol. The minimum atomic E-state index is -0.926. The Morgan fingerprint density at radius 2 is 1.81 bits per heavy atom. The van der Waals surface area contributed by atoms with Crippen molar-refractivity contribution >= 4 is 5.97 Å². The summed E-state index contributed by atoms with van der Waals surface area (Å²) in [5.41, 5.74) is 1.20. The monoisotopic (exact) mass is 224 g/mol. The van der Waals surface area contributed by atoms with Crippen LogP contribution < -0.4 is 0 Å². The van der Waals surface area contributed by atoms with Gasteiger partial charge in [0, 0.05) is 7.11 Å². The van der Waals surface area contributed by atoms with Gasteiger partial charge in [0.05, 0.1) is 11.7 Å². The number of aromatic carboxylic acids is 1. The Kier molecular flexibility index (Phi) is 4.46. The van der Waals surface area contributed by atoms with Crippen molar-refractivity contribution in [3.63, 3.8) is 0 Å². The van der Waals surface area contributed by atoms with Crippen molar-refractivity contribution in [3.8, 4) is 0 Å². The zero-order chi connectivity index (χ0) is 12.1. The summed E-state index contributed by atoms with van der Waals surface area (Å²) in [6.07, 6.45) is -0.410. The molecule has 0 saturated carbocycles. The number of hydrogen-bond acceptors (Lipinski definition) is 3. The second-order valence-electron chi connectivity index (χ2n) is 3.51. The molecule has 2 unspecified atom stereocenters. The van der Waals surface area contributed by atoms with Crippen LogP contribution in [0.25, 0.3) is 0 Å². The molecular weight excluding hydrogens is 208 g/mol. The van der Waals surface area contributed by atoms with Gasteiger partial charge in [-0.3, -0.25) is 0 Å². The van der Waals surface area contributed by atoms with Crippen molar-refractivity contribution in [3.05, 3.63) is 35.4 Å². The summed E-state index contributed by atoms with van der Waals surface area (Å²) < 4.78 is 10.5. The van der Waals surface area contributed by atoms with E-state index in [1.54, 1.807) is 31.4 Å². The lowest BCUT2D eigenvalue weighted by Crippen LogP contribution is -2.13. The van der Waals surface area contributed by atoms with E-state index in [4.69, 9.17) is 14.6 Å². The number of benzene rings is 1. The van der Waals surface area contributed by atoms with E-state index in [9.17, 15) is 4.79 Å². The number of methoxy groups -OCH3 is 1. The highest BCUT2D eigenvalue weighted by Crippen LogP contribution is 2.19. The summed E-state index contributed by atoms with van der Waals surface area (Å²) in [6, 6.07) is 6.62. The van der Waals surface area contributed by atoms with Gasteiger partial charge in [0.25, 0.3) is 0 Å². The Labute approximate surface area is 94.8 Å². The summed E-state index contributed by atoms with van der Waals surface area (Å²) >= 11 is 0. The van der Waals surface area contributed by atoms with E-state index >= 15 is 0 Å². The topological polar surface area (TPSA) is 55.8 Å². The van der Waals surface area contributed by atoms with Crippen molar-refractivity contribution in [2.45, 2.75) is 26.2 Å². The summed E-state index contributed by atoms with van der Waals surface area (Å²) in [7, 11) is 1.57. The highest BCUT2D eigenvalue weighted by Gasteiger charge is 2.10. The van der Waals surface area contributed by atoms with Crippen LogP contribution in [0.1, 0.15) is 35.9 Å². The number of hydrogen-bond donors (Lipinski definition) is 1. The SMILES string of the molecule is COC(C)OC(C)c1ccc(C(=O)O)cc1. The van der Waals surface area contributed by atoms with Gasteiger partial charge in [-0.05, 0) is 31.5 Å². The Balaban J connectivity index is 2.70. The molecule has 0 aromatic heterocycles. The molecule has 4 nitrogen and oxygen atoms in total. The van der Waals surface area contributed by atoms with E-state index in [0.717, 1.165) is 5.56 Å². The van der Waals surface area contributed by atoms with E-state index in [1.165, 1.54) is 0 Å². The molecule has 0 aliphatic carbocycles. The highest BCUT2D eigenvalue weighted by atomic mass is 16.7. The maximum atomic E-state index is 10.7. The zero-order valence-electron chi connectivity index (χ0n) is 9.64. The molecule has 0 heterocycles. The average Bonchev–Trinajstić information content (AvgIpc) is 2.28. The number of ether oxygens (including phenoxy) is 2. The fourth-order valence-corrected chi connectivity index (χ4v) is 1.32. The van der Waals surface area contributed by atoms with Crippen LogP contribution in [0.4, 0.5) is 0 Å². The van der Waals surface area contributed by atoms with Gasteiger partial charge in [-0.15, -0.1) is 0 Å². The fraction of sp³-hybridized carbons (Fsp3) is 0.417. The Hall–Kier alpha value is -1.39. The van der Waals surface area contributed by atoms with E-state index < -0.39 is 5.97 Å². The maximum Gasteiger partial charge on any atom is 0.335 e. The maximum absolute atomic E-state index is 10.7. The molecule has 0 fully saturated rings. The lowest BCUT2D eigenvalue weighted by molar-refractivity contribution is -0.140. The van der Waals surface area contributed by atoms with Gasteiger partial charge in [-0.2, -0.15) is 0 Å². The molecule has 4 heteroatoms. The molecular formula is C12H16O4. The summed E-state index contributed by atoms with van der Waals surface area (Å²) in [6.45, 7) is 3.70. The van der Waals surface area contributed by atoms with Gasteiger partial charge in [0.15, 0.2) is 6.29 Å². The van der Waals surface area contributed by atoms with Gasteiger partial charge in [0.2, 0.25) is 0 Å². The van der Waals surface area contributed by atoms with Crippen LogP contribution in [-0.2, 0) is 9.47 Å². The molecule has 1 aromatic carbocycles. The van der Waals surface area contributed by atoms with Crippen LogP contribution in [0.5, 0.6) is 0 Å². The number of carboxylic acid groups (broad SMARTS) is 1. The molecule has 1 rings (SSSR count). The van der Waals surface area contributed by atoms with E-state index in [2.05, 4.69) is 0 Å². The molecule has 0 spiro atoms. The molecule has 0 amide bonds. The molecule has 0 bridgehead atoms. The predicted octanol–water partition coefficient (Wildman–Crippen LogP) is 2.45. The van der Waals surface area contributed by atoms with Crippen LogP contribution in [0.3, 0.4) is 0 Å². The van der Waals surface area contributed by atoms with E-state index in [-0.39, 0.29) is 18.0 Å². The third kappa shape index (κ3) is 3.32. The normalized spacial score (nSPS) is 14.4. The van der Waals surface area contributed by atoms with Crippen LogP contribution >= 0.6 is 0 Å². The molecule has 0 aliphatic heterocycles. The van der Waals surface area contributed by atoms with E-state index in [0.29, 0.717) is 0 Å². The first-order valence-electron chi connectivity index (χ1n) is 5.06. The quantitative estimate of drug-likeness (QED) is 0.780. The summed E-state index contributed by atoms with van der Waals surface area (Å²) in [5, 5.41) is 8.75. The standard InChI is InChI=1S/C12H16O4/c1-8(16-9(2)15-3)10-4-6-11(7-5-10)12(13)14/h4-9H,1-3H3,(H,13,14). The first kappa shape index (κ1) is 12.7. The lowest BCUT2D eigenvalue weighted by atomic mass is 10.1. The van der Waals surface area contributed by atoms with Crippen molar-refractivity contribution in [2.75, 3.05) is 7.11 Å². The smallest absolute Gasteiger partial charge is 0.335 e. The van der Waals surface area contributed by atoms with Gasteiger partial charge in [0.1, 0.15) is 0 Å². The van der Waals surface area contributed by atoms with Crippen LogP contribution in [0.15, 0.2) is 24.3 Å².